The minimum absolute atomic E-state index is 0.468. The maximum absolute atomic E-state index is 11.6. The fourth-order valence-corrected chi connectivity index (χ4v) is 3.63. The molecule has 0 radical (unpaired) electrons. The van der Waals surface area contributed by atoms with Crippen molar-refractivity contribution in [1.29, 1.82) is 0 Å². The number of ether oxygens (including phenoxy) is 2. The highest BCUT2D eigenvalue weighted by Crippen LogP contribution is 2.35. The van der Waals surface area contributed by atoms with Gasteiger partial charge in [0.2, 0.25) is 4.96 Å². The van der Waals surface area contributed by atoms with Crippen molar-refractivity contribution >= 4 is 22.6 Å². The van der Waals surface area contributed by atoms with Crippen LogP contribution in [0.3, 0.4) is 0 Å². The Morgan fingerprint density at radius 1 is 1.30 bits per heavy atom. The molecule has 4 rings (SSSR count). The molecule has 0 saturated carbocycles. The third kappa shape index (κ3) is 2.37. The Morgan fingerprint density at radius 2 is 2.13 bits per heavy atom. The highest BCUT2D eigenvalue weighted by molar-refractivity contribution is 7.16. The van der Waals surface area contributed by atoms with Gasteiger partial charge in [0, 0.05) is 12.0 Å². The van der Waals surface area contributed by atoms with Crippen molar-refractivity contribution in [2.45, 2.75) is 19.8 Å². The molecular formula is C16H15N3O3S. The number of fused-ring (bicyclic) bond motifs is 2. The Balaban J connectivity index is 1.81. The van der Waals surface area contributed by atoms with E-state index in [2.05, 4.69) is 17.0 Å². The van der Waals surface area contributed by atoms with Gasteiger partial charge in [0.15, 0.2) is 17.8 Å². The van der Waals surface area contributed by atoms with Crippen LogP contribution >= 0.6 is 11.3 Å². The summed E-state index contributed by atoms with van der Waals surface area (Å²) in [5.41, 5.74) is 1.92. The molecule has 0 bridgehead atoms. The summed E-state index contributed by atoms with van der Waals surface area (Å²) in [6, 6.07) is 5.60. The predicted molar refractivity (Wildman–Crippen MR) is 86.7 cm³/mol. The molecule has 118 valence electrons. The van der Waals surface area contributed by atoms with Gasteiger partial charge in [-0.15, -0.1) is 0 Å². The van der Waals surface area contributed by atoms with Gasteiger partial charge >= 0.3 is 0 Å². The van der Waals surface area contributed by atoms with E-state index >= 15 is 0 Å². The van der Waals surface area contributed by atoms with Gasteiger partial charge < -0.3 is 9.47 Å². The molecule has 0 spiro atoms. The number of hydrogen-bond donors (Lipinski definition) is 0. The van der Waals surface area contributed by atoms with E-state index in [1.807, 2.05) is 18.2 Å². The van der Waals surface area contributed by atoms with Gasteiger partial charge in [0.05, 0.1) is 0 Å². The molecule has 1 aliphatic rings. The molecule has 0 N–H and O–H groups in total. The monoisotopic (exact) mass is 329 g/mol. The van der Waals surface area contributed by atoms with Crippen molar-refractivity contribution in [1.82, 2.24) is 14.6 Å². The van der Waals surface area contributed by atoms with Crippen molar-refractivity contribution in [2.24, 2.45) is 0 Å². The summed E-state index contributed by atoms with van der Waals surface area (Å²) in [5.74, 6) is 1.40. The molecule has 6 nitrogen and oxygen atoms in total. The Kier molecular flexibility index (Phi) is 3.49. The second kappa shape index (κ2) is 5.66. The number of carbonyl (C=O) groups is 1. The van der Waals surface area contributed by atoms with Crippen LogP contribution in [0.2, 0.25) is 0 Å². The molecule has 0 unspecified atom stereocenters. The first-order valence-electron chi connectivity index (χ1n) is 7.53. The van der Waals surface area contributed by atoms with Crippen LogP contribution in [-0.2, 0) is 6.42 Å². The first-order chi connectivity index (χ1) is 11.3. The molecule has 0 saturated heterocycles. The lowest BCUT2D eigenvalue weighted by Gasteiger charge is -2.18. The minimum Gasteiger partial charge on any atom is -0.486 e. The Bertz CT molecular complexity index is 884. The van der Waals surface area contributed by atoms with E-state index in [9.17, 15) is 4.79 Å². The van der Waals surface area contributed by atoms with Gasteiger partial charge in [-0.25, -0.2) is 4.98 Å². The second-order valence-corrected chi connectivity index (χ2v) is 6.30. The smallest absolute Gasteiger partial charge is 0.213 e. The molecule has 0 amide bonds. The van der Waals surface area contributed by atoms with E-state index in [1.165, 1.54) is 11.3 Å². The number of aldehydes is 1. The molecule has 1 aliphatic heterocycles. The maximum Gasteiger partial charge on any atom is 0.213 e. The SMILES string of the molecule is CCCc1nn2c(C=O)c(-c3ccc4c(c3)OCCO4)nc2s1. The summed E-state index contributed by atoms with van der Waals surface area (Å²) in [6.45, 7) is 3.18. The summed E-state index contributed by atoms with van der Waals surface area (Å²) >= 11 is 1.52. The number of aromatic nitrogens is 3. The lowest BCUT2D eigenvalue weighted by Crippen LogP contribution is -2.15. The zero-order chi connectivity index (χ0) is 15.8. The summed E-state index contributed by atoms with van der Waals surface area (Å²) in [4.78, 5) is 16.9. The first kappa shape index (κ1) is 14.2. The van der Waals surface area contributed by atoms with Crippen molar-refractivity contribution in [3.63, 3.8) is 0 Å². The first-order valence-corrected chi connectivity index (χ1v) is 8.35. The van der Waals surface area contributed by atoms with Crippen LogP contribution in [0.5, 0.6) is 11.5 Å². The summed E-state index contributed by atoms with van der Waals surface area (Å²) in [6.07, 6.45) is 2.72. The average molecular weight is 329 g/mol. The van der Waals surface area contributed by atoms with Crippen molar-refractivity contribution in [3.8, 4) is 22.8 Å². The van der Waals surface area contributed by atoms with Crippen LogP contribution in [0, 0.1) is 0 Å². The highest BCUT2D eigenvalue weighted by Gasteiger charge is 2.20. The fraction of sp³-hybridized carbons (Fsp3) is 0.312. The largest absolute Gasteiger partial charge is 0.486 e. The number of benzene rings is 1. The van der Waals surface area contributed by atoms with Crippen LogP contribution in [-0.4, -0.2) is 34.1 Å². The van der Waals surface area contributed by atoms with Crippen LogP contribution in [0.1, 0.15) is 28.8 Å². The van der Waals surface area contributed by atoms with Gasteiger partial charge in [-0.05, 0) is 24.6 Å². The van der Waals surface area contributed by atoms with Crippen LogP contribution in [0.15, 0.2) is 18.2 Å². The highest BCUT2D eigenvalue weighted by atomic mass is 32.1. The summed E-state index contributed by atoms with van der Waals surface area (Å²) in [7, 11) is 0. The van der Waals surface area contributed by atoms with E-state index in [0.717, 1.165) is 40.4 Å². The lowest BCUT2D eigenvalue weighted by atomic mass is 10.1. The molecule has 0 aliphatic carbocycles. The van der Waals surface area contributed by atoms with Crippen molar-refractivity contribution in [3.05, 3.63) is 28.9 Å². The van der Waals surface area contributed by atoms with E-state index in [4.69, 9.17) is 9.47 Å². The molecule has 3 aromatic rings. The molecule has 1 aromatic carbocycles. The number of hydrogen-bond acceptors (Lipinski definition) is 6. The second-order valence-electron chi connectivity index (χ2n) is 5.26. The van der Waals surface area contributed by atoms with Gasteiger partial charge in [0.1, 0.15) is 29.6 Å². The number of nitrogens with zero attached hydrogens (tertiary/aromatic N) is 3. The number of imidazole rings is 1. The van der Waals surface area contributed by atoms with E-state index in [0.29, 0.717) is 30.4 Å². The molecule has 3 heterocycles. The topological polar surface area (TPSA) is 65.7 Å². The van der Waals surface area contributed by atoms with E-state index < -0.39 is 0 Å². The Hall–Kier alpha value is -2.41. The number of rotatable bonds is 4. The van der Waals surface area contributed by atoms with Gasteiger partial charge in [-0.2, -0.15) is 9.61 Å². The number of carbonyl (C=O) groups excluding carboxylic acids is 1. The zero-order valence-electron chi connectivity index (χ0n) is 12.6. The zero-order valence-corrected chi connectivity index (χ0v) is 13.4. The molecule has 23 heavy (non-hydrogen) atoms. The fourth-order valence-electron chi connectivity index (χ4n) is 2.63. The lowest BCUT2D eigenvalue weighted by molar-refractivity contribution is 0.111. The molecule has 0 fully saturated rings. The van der Waals surface area contributed by atoms with Crippen molar-refractivity contribution < 1.29 is 14.3 Å². The van der Waals surface area contributed by atoms with Crippen molar-refractivity contribution in [2.75, 3.05) is 13.2 Å². The maximum atomic E-state index is 11.6. The molecule has 0 atom stereocenters. The number of aryl methyl sites for hydroxylation is 1. The van der Waals surface area contributed by atoms with Gasteiger partial charge in [-0.3, -0.25) is 4.79 Å². The third-order valence-corrected chi connectivity index (χ3v) is 4.64. The van der Waals surface area contributed by atoms with Gasteiger partial charge in [0.25, 0.3) is 0 Å². The summed E-state index contributed by atoms with van der Waals surface area (Å²) in [5, 5.41) is 5.48. The van der Waals surface area contributed by atoms with Gasteiger partial charge in [-0.1, -0.05) is 18.3 Å². The van der Waals surface area contributed by atoms with E-state index in [-0.39, 0.29) is 0 Å². The summed E-state index contributed by atoms with van der Waals surface area (Å²) < 4.78 is 12.8. The van der Waals surface area contributed by atoms with E-state index in [1.54, 1.807) is 4.52 Å². The quantitative estimate of drug-likeness (QED) is 0.689. The Labute approximate surface area is 136 Å². The van der Waals surface area contributed by atoms with Crippen LogP contribution in [0.4, 0.5) is 0 Å². The average Bonchev–Trinajstić information content (AvgIpc) is 3.11. The molecule has 2 aromatic heterocycles. The normalized spacial score (nSPS) is 13.4. The molecule has 7 heteroatoms. The Morgan fingerprint density at radius 3 is 2.91 bits per heavy atom. The molecular weight excluding hydrogens is 314 g/mol. The predicted octanol–water partition coefficient (Wildman–Crippen LogP) is 2.99. The van der Waals surface area contributed by atoms with Crippen LogP contribution in [0.25, 0.3) is 16.2 Å². The van der Waals surface area contributed by atoms with Crippen LogP contribution < -0.4 is 9.47 Å². The standard InChI is InChI=1S/C16H15N3O3S/c1-2-3-14-18-19-11(9-20)15(17-16(19)23-14)10-4-5-12-13(8-10)22-7-6-21-12/h4-5,8-9H,2-3,6-7H2,1H3. The third-order valence-electron chi connectivity index (χ3n) is 3.67. The minimum atomic E-state index is 0.468.